The lowest BCUT2D eigenvalue weighted by Crippen LogP contribution is -2.37. The van der Waals surface area contributed by atoms with E-state index in [0.29, 0.717) is 11.7 Å². The lowest BCUT2D eigenvalue weighted by molar-refractivity contribution is 0.0706. The van der Waals surface area contributed by atoms with Crippen LogP contribution < -0.4 is 5.73 Å². The molecular formula is C16H27N3O. The average molecular weight is 277 g/mol. The Morgan fingerprint density at radius 1 is 1.35 bits per heavy atom. The molecule has 1 aromatic rings. The Bertz CT molecular complexity index is 445. The number of anilines is 1. The zero-order valence-corrected chi connectivity index (χ0v) is 12.8. The predicted molar refractivity (Wildman–Crippen MR) is 82.7 cm³/mol. The molecule has 0 saturated heterocycles. The second-order valence-electron chi connectivity index (χ2n) is 5.91. The second-order valence-corrected chi connectivity index (χ2v) is 5.91. The monoisotopic (exact) mass is 277 g/mol. The van der Waals surface area contributed by atoms with Gasteiger partial charge in [-0.25, -0.2) is 0 Å². The van der Waals surface area contributed by atoms with Crippen LogP contribution >= 0.6 is 0 Å². The molecule has 1 fully saturated rings. The van der Waals surface area contributed by atoms with Crippen LogP contribution in [-0.4, -0.2) is 28.5 Å². The van der Waals surface area contributed by atoms with Gasteiger partial charge in [-0.2, -0.15) is 0 Å². The van der Waals surface area contributed by atoms with E-state index < -0.39 is 0 Å². The van der Waals surface area contributed by atoms with Crippen molar-refractivity contribution in [2.24, 2.45) is 0 Å². The van der Waals surface area contributed by atoms with Crippen LogP contribution in [0, 0.1) is 0 Å². The smallest absolute Gasteiger partial charge is 0.270 e. The summed E-state index contributed by atoms with van der Waals surface area (Å²) in [5, 5.41) is 0. The maximum absolute atomic E-state index is 12.7. The summed E-state index contributed by atoms with van der Waals surface area (Å²) >= 11 is 0. The van der Waals surface area contributed by atoms with Crippen molar-refractivity contribution < 1.29 is 4.79 Å². The molecule has 1 aliphatic rings. The summed E-state index contributed by atoms with van der Waals surface area (Å²) in [5.41, 5.74) is 7.27. The van der Waals surface area contributed by atoms with E-state index in [1.165, 1.54) is 25.7 Å². The topological polar surface area (TPSA) is 51.3 Å². The molecule has 0 unspecified atom stereocenters. The standard InChI is InChI=1S/C16H27N3O/c1-3-10-19-12-13(17)11-15(19)16(20)18(2)14-8-6-4-5-7-9-14/h11-12,14H,3-10,17H2,1-2H3. The number of carbonyl (C=O) groups excluding carboxylic acids is 1. The van der Waals surface area contributed by atoms with E-state index in [9.17, 15) is 4.79 Å². The predicted octanol–water partition coefficient (Wildman–Crippen LogP) is 3.28. The summed E-state index contributed by atoms with van der Waals surface area (Å²) in [5.74, 6) is 0.113. The molecule has 1 aromatic heterocycles. The summed E-state index contributed by atoms with van der Waals surface area (Å²) in [7, 11) is 1.94. The third kappa shape index (κ3) is 3.35. The van der Waals surface area contributed by atoms with Gasteiger partial charge in [-0.15, -0.1) is 0 Å². The quantitative estimate of drug-likeness (QED) is 0.859. The van der Waals surface area contributed by atoms with Gasteiger partial charge in [0.15, 0.2) is 0 Å². The van der Waals surface area contributed by atoms with Crippen molar-refractivity contribution in [1.82, 2.24) is 9.47 Å². The van der Waals surface area contributed by atoms with Crippen molar-refractivity contribution in [3.05, 3.63) is 18.0 Å². The number of hydrogen-bond acceptors (Lipinski definition) is 2. The number of nitrogen functional groups attached to an aromatic ring is 1. The van der Waals surface area contributed by atoms with Crippen molar-refractivity contribution in [3.63, 3.8) is 0 Å². The van der Waals surface area contributed by atoms with Gasteiger partial charge >= 0.3 is 0 Å². The highest BCUT2D eigenvalue weighted by Gasteiger charge is 2.24. The highest BCUT2D eigenvalue weighted by molar-refractivity contribution is 5.93. The van der Waals surface area contributed by atoms with Crippen molar-refractivity contribution in [2.75, 3.05) is 12.8 Å². The lowest BCUT2D eigenvalue weighted by atomic mass is 10.1. The second kappa shape index (κ2) is 6.82. The summed E-state index contributed by atoms with van der Waals surface area (Å²) in [4.78, 5) is 14.7. The number of hydrogen-bond donors (Lipinski definition) is 1. The van der Waals surface area contributed by atoms with Crippen LogP contribution in [0.3, 0.4) is 0 Å². The summed E-state index contributed by atoms with van der Waals surface area (Å²) < 4.78 is 1.99. The number of carbonyl (C=O) groups is 1. The van der Waals surface area contributed by atoms with Crippen molar-refractivity contribution >= 4 is 11.6 Å². The van der Waals surface area contributed by atoms with E-state index in [1.54, 1.807) is 0 Å². The van der Waals surface area contributed by atoms with E-state index in [0.717, 1.165) is 31.5 Å². The Kier molecular flexibility index (Phi) is 5.10. The van der Waals surface area contributed by atoms with Gasteiger partial charge in [-0.3, -0.25) is 4.79 Å². The maximum Gasteiger partial charge on any atom is 0.270 e. The zero-order valence-electron chi connectivity index (χ0n) is 12.8. The fourth-order valence-electron chi connectivity index (χ4n) is 3.13. The van der Waals surface area contributed by atoms with Gasteiger partial charge in [0.1, 0.15) is 5.69 Å². The molecule has 1 aliphatic carbocycles. The number of amides is 1. The molecule has 0 radical (unpaired) electrons. The van der Waals surface area contributed by atoms with E-state index >= 15 is 0 Å². The molecule has 4 heteroatoms. The van der Waals surface area contributed by atoms with Crippen LogP contribution in [0.5, 0.6) is 0 Å². The SMILES string of the molecule is CCCn1cc(N)cc1C(=O)N(C)C1CCCCCC1. The Labute approximate surface area is 121 Å². The van der Waals surface area contributed by atoms with Crippen molar-refractivity contribution in [1.29, 1.82) is 0 Å². The molecule has 112 valence electrons. The molecule has 2 N–H and O–H groups in total. The van der Waals surface area contributed by atoms with Gasteiger partial charge in [-0.05, 0) is 25.3 Å². The minimum atomic E-state index is 0.113. The molecule has 4 nitrogen and oxygen atoms in total. The summed E-state index contributed by atoms with van der Waals surface area (Å²) in [6, 6.07) is 2.20. The van der Waals surface area contributed by atoms with Crippen LogP contribution in [0.2, 0.25) is 0 Å². The normalized spacial score (nSPS) is 16.9. The Morgan fingerprint density at radius 2 is 2.00 bits per heavy atom. The van der Waals surface area contributed by atoms with Crippen molar-refractivity contribution in [2.45, 2.75) is 64.5 Å². The molecule has 1 saturated carbocycles. The molecule has 1 amide bonds. The molecule has 20 heavy (non-hydrogen) atoms. The van der Waals surface area contributed by atoms with Crippen LogP contribution in [0.4, 0.5) is 5.69 Å². The highest BCUT2D eigenvalue weighted by atomic mass is 16.2. The van der Waals surface area contributed by atoms with E-state index in [2.05, 4.69) is 6.92 Å². The number of aromatic nitrogens is 1. The molecule has 1 heterocycles. The van der Waals surface area contributed by atoms with E-state index in [-0.39, 0.29) is 5.91 Å². The zero-order chi connectivity index (χ0) is 14.5. The van der Waals surface area contributed by atoms with Gasteiger partial charge in [0.2, 0.25) is 0 Å². The molecular weight excluding hydrogens is 250 g/mol. The molecule has 0 bridgehead atoms. The first-order chi connectivity index (χ1) is 9.63. The third-order valence-electron chi connectivity index (χ3n) is 4.29. The first-order valence-electron chi connectivity index (χ1n) is 7.86. The number of rotatable bonds is 4. The van der Waals surface area contributed by atoms with Crippen molar-refractivity contribution in [3.8, 4) is 0 Å². The van der Waals surface area contributed by atoms with Gasteiger partial charge in [0.05, 0.1) is 5.69 Å². The summed E-state index contributed by atoms with van der Waals surface area (Å²) in [6.07, 6.45) is 10.2. The fourth-order valence-corrected chi connectivity index (χ4v) is 3.13. The summed E-state index contributed by atoms with van der Waals surface area (Å²) in [6.45, 7) is 2.95. The number of nitrogens with zero attached hydrogens (tertiary/aromatic N) is 2. The maximum atomic E-state index is 12.7. The van der Waals surface area contributed by atoms with E-state index in [1.807, 2.05) is 28.8 Å². The van der Waals surface area contributed by atoms with Crippen LogP contribution in [0.1, 0.15) is 62.4 Å². The van der Waals surface area contributed by atoms with Crippen LogP contribution in [-0.2, 0) is 6.54 Å². The Morgan fingerprint density at radius 3 is 2.60 bits per heavy atom. The van der Waals surface area contributed by atoms with Gasteiger partial charge in [0.25, 0.3) is 5.91 Å². The van der Waals surface area contributed by atoms with Crippen LogP contribution in [0.15, 0.2) is 12.3 Å². The minimum Gasteiger partial charge on any atom is -0.397 e. The first-order valence-corrected chi connectivity index (χ1v) is 7.86. The fraction of sp³-hybridized carbons (Fsp3) is 0.688. The van der Waals surface area contributed by atoms with Gasteiger partial charge in [-0.1, -0.05) is 32.6 Å². The van der Waals surface area contributed by atoms with Gasteiger partial charge in [0, 0.05) is 25.8 Å². The highest BCUT2D eigenvalue weighted by Crippen LogP contribution is 2.23. The molecule has 0 spiro atoms. The molecule has 0 atom stereocenters. The lowest BCUT2D eigenvalue weighted by Gasteiger charge is -2.27. The third-order valence-corrected chi connectivity index (χ3v) is 4.29. The molecule has 0 aliphatic heterocycles. The average Bonchev–Trinajstić information content (AvgIpc) is 2.66. The van der Waals surface area contributed by atoms with E-state index in [4.69, 9.17) is 5.73 Å². The van der Waals surface area contributed by atoms with Gasteiger partial charge < -0.3 is 15.2 Å². The minimum absolute atomic E-state index is 0.113. The number of aryl methyl sites for hydroxylation is 1. The first kappa shape index (κ1) is 14.9. The largest absolute Gasteiger partial charge is 0.397 e. The Balaban J connectivity index is 2.12. The van der Waals surface area contributed by atoms with Crippen LogP contribution in [0.25, 0.3) is 0 Å². The molecule has 2 rings (SSSR count). The number of nitrogens with two attached hydrogens (primary N) is 1. The molecule has 0 aromatic carbocycles. The Hall–Kier alpha value is -1.45.